The van der Waals surface area contributed by atoms with E-state index in [1.165, 1.54) is 32.2 Å². The molecule has 0 radical (unpaired) electrons. The fraction of sp³-hybridized carbons (Fsp3) is 0.292. The first kappa shape index (κ1) is 18.8. The predicted molar refractivity (Wildman–Crippen MR) is 123 cm³/mol. The van der Waals surface area contributed by atoms with Crippen LogP contribution >= 0.6 is 23.1 Å². The van der Waals surface area contributed by atoms with Crippen LogP contribution in [-0.2, 0) is 5.75 Å². The Hall–Kier alpha value is -2.24. The molecule has 2 aromatic carbocycles. The maximum atomic E-state index is 13.3. The van der Waals surface area contributed by atoms with Gasteiger partial charge in [0.2, 0.25) is 0 Å². The number of thioether (sulfide) groups is 1. The molecule has 29 heavy (non-hydrogen) atoms. The average Bonchev–Trinajstić information content (AvgIpc) is 3.19. The van der Waals surface area contributed by atoms with Gasteiger partial charge in [-0.2, -0.15) is 0 Å². The Bertz CT molecular complexity index is 1060. The van der Waals surface area contributed by atoms with Crippen molar-refractivity contribution in [1.29, 1.82) is 0 Å². The highest BCUT2D eigenvalue weighted by atomic mass is 32.2. The van der Waals surface area contributed by atoms with Crippen molar-refractivity contribution in [2.75, 3.05) is 24.5 Å². The number of hydrogen-bond donors (Lipinski definition) is 0. The molecule has 3 nitrogen and oxygen atoms in total. The zero-order chi connectivity index (χ0) is 20.0. The summed E-state index contributed by atoms with van der Waals surface area (Å²) in [6.07, 6.45) is 0. The molecule has 5 heteroatoms. The lowest BCUT2D eigenvalue weighted by Crippen LogP contribution is -2.53. The minimum absolute atomic E-state index is 0.183. The summed E-state index contributed by atoms with van der Waals surface area (Å²) < 4.78 is 0. The van der Waals surface area contributed by atoms with Gasteiger partial charge in [0.05, 0.1) is 4.88 Å². The summed E-state index contributed by atoms with van der Waals surface area (Å²) in [5, 5.41) is 0. The molecule has 5 rings (SSSR count). The molecule has 1 amide bonds. The number of fused-ring (bicyclic) bond motifs is 3. The van der Waals surface area contributed by atoms with Gasteiger partial charge in [-0.05, 0) is 43.7 Å². The van der Waals surface area contributed by atoms with Gasteiger partial charge < -0.3 is 9.80 Å². The van der Waals surface area contributed by atoms with Crippen LogP contribution < -0.4 is 4.90 Å². The summed E-state index contributed by atoms with van der Waals surface area (Å²) in [5.74, 6) is 1.13. The first-order chi connectivity index (χ1) is 14.1. The summed E-state index contributed by atoms with van der Waals surface area (Å²) in [6, 6.07) is 19.6. The standard InChI is InChI=1S/C24H24N2OS2/c1-16-7-9-19(10-8-16)26-12-11-25(14-17(26)2)24(27)22-13-18-15-28-21-6-4-3-5-20(21)23(18)29-22/h3-10,13,17H,11-12,14-15H2,1-2H3. The largest absolute Gasteiger partial charge is 0.365 e. The molecule has 1 atom stereocenters. The van der Waals surface area contributed by atoms with E-state index in [1.54, 1.807) is 11.3 Å². The number of benzene rings is 2. The second kappa shape index (κ2) is 7.54. The molecule has 1 aromatic heterocycles. The molecule has 2 aliphatic rings. The number of carbonyl (C=O) groups is 1. The van der Waals surface area contributed by atoms with E-state index in [0.717, 1.165) is 30.3 Å². The molecule has 1 unspecified atom stereocenters. The molecule has 0 aliphatic carbocycles. The van der Waals surface area contributed by atoms with Crippen molar-refractivity contribution in [2.45, 2.75) is 30.5 Å². The molecule has 1 saturated heterocycles. The third-order valence-corrected chi connectivity index (χ3v) is 8.14. The number of hydrogen-bond acceptors (Lipinski definition) is 4. The fourth-order valence-electron chi connectivity index (χ4n) is 4.22. The summed E-state index contributed by atoms with van der Waals surface area (Å²) in [5.41, 5.74) is 5.10. The van der Waals surface area contributed by atoms with Crippen LogP contribution in [0.25, 0.3) is 10.4 Å². The Kier molecular flexibility index (Phi) is 4.88. The Morgan fingerprint density at radius 1 is 1.07 bits per heavy atom. The normalized spacial score (nSPS) is 18.3. The van der Waals surface area contributed by atoms with Crippen LogP contribution in [0.1, 0.15) is 27.7 Å². The van der Waals surface area contributed by atoms with Gasteiger partial charge in [0.1, 0.15) is 0 Å². The predicted octanol–water partition coefficient (Wildman–Crippen LogP) is 5.68. The quantitative estimate of drug-likeness (QED) is 0.533. The third-order valence-electron chi connectivity index (χ3n) is 5.81. The van der Waals surface area contributed by atoms with Gasteiger partial charge >= 0.3 is 0 Å². The Morgan fingerprint density at radius 3 is 2.66 bits per heavy atom. The number of carbonyl (C=O) groups excluding carboxylic acids is 1. The van der Waals surface area contributed by atoms with Gasteiger partial charge in [-0.1, -0.05) is 35.9 Å². The van der Waals surface area contributed by atoms with Crippen molar-refractivity contribution in [3.8, 4) is 10.4 Å². The summed E-state index contributed by atoms with van der Waals surface area (Å²) in [6.45, 7) is 6.73. The molecule has 0 saturated carbocycles. The first-order valence-corrected chi connectivity index (χ1v) is 11.9. The van der Waals surface area contributed by atoms with E-state index in [2.05, 4.69) is 73.3 Å². The van der Waals surface area contributed by atoms with Gasteiger partial charge in [-0.15, -0.1) is 23.1 Å². The lowest BCUT2D eigenvalue weighted by molar-refractivity contribution is 0.0731. The monoisotopic (exact) mass is 420 g/mol. The molecular formula is C24H24N2OS2. The maximum absolute atomic E-state index is 13.3. The molecule has 3 aromatic rings. The summed E-state index contributed by atoms with van der Waals surface area (Å²) in [4.78, 5) is 21.2. The van der Waals surface area contributed by atoms with E-state index in [9.17, 15) is 4.79 Å². The Labute approximate surface area is 180 Å². The Morgan fingerprint density at radius 2 is 1.86 bits per heavy atom. The van der Waals surface area contributed by atoms with E-state index >= 15 is 0 Å². The van der Waals surface area contributed by atoms with Crippen LogP contribution in [0.2, 0.25) is 0 Å². The van der Waals surface area contributed by atoms with Crippen molar-refractivity contribution in [1.82, 2.24) is 4.90 Å². The molecule has 0 N–H and O–H groups in total. The van der Waals surface area contributed by atoms with Gasteiger partial charge in [0.15, 0.2) is 0 Å². The van der Waals surface area contributed by atoms with Gasteiger partial charge in [0, 0.05) is 52.5 Å². The topological polar surface area (TPSA) is 23.6 Å². The van der Waals surface area contributed by atoms with Crippen LogP contribution in [-0.4, -0.2) is 36.5 Å². The SMILES string of the molecule is Cc1ccc(N2CCN(C(=O)c3cc4c(s3)-c3ccccc3SC4)CC2C)cc1. The number of nitrogens with zero attached hydrogens (tertiary/aromatic N) is 2. The minimum Gasteiger partial charge on any atom is -0.365 e. The minimum atomic E-state index is 0.183. The van der Waals surface area contributed by atoms with E-state index in [4.69, 9.17) is 0 Å². The number of rotatable bonds is 2. The van der Waals surface area contributed by atoms with E-state index in [0.29, 0.717) is 6.04 Å². The average molecular weight is 421 g/mol. The van der Waals surface area contributed by atoms with Crippen molar-refractivity contribution in [3.63, 3.8) is 0 Å². The highest BCUT2D eigenvalue weighted by molar-refractivity contribution is 7.98. The lowest BCUT2D eigenvalue weighted by Gasteiger charge is -2.41. The van der Waals surface area contributed by atoms with Crippen molar-refractivity contribution in [3.05, 3.63) is 70.6 Å². The smallest absolute Gasteiger partial charge is 0.264 e. The molecular weight excluding hydrogens is 396 g/mol. The molecule has 0 bridgehead atoms. The van der Waals surface area contributed by atoms with E-state index in [1.807, 2.05) is 16.7 Å². The van der Waals surface area contributed by atoms with Crippen LogP contribution in [0, 0.1) is 6.92 Å². The van der Waals surface area contributed by atoms with Crippen molar-refractivity contribution >= 4 is 34.7 Å². The molecule has 0 spiro atoms. The van der Waals surface area contributed by atoms with Crippen LogP contribution in [0.5, 0.6) is 0 Å². The summed E-state index contributed by atoms with van der Waals surface area (Å²) >= 11 is 3.53. The second-order valence-corrected chi connectivity index (χ2v) is 9.95. The second-order valence-electron chi connectivity index (χ2n) is 7.88. The van der Waals surface area contributed by atoms with Crippen molar-refractivity contribution < 1.29 is 4.79 Å². The van der Waals surface area contributed by atoms with Crippen LogP contribution in [0.15, 0.2) is 59.5 Å². The Balaban J connectivity index is 1.34. The highest BCUT2D eigenvalue weighted by Gasteiger charge is 2.29. The molecule has 148 valence electrons. The molecule has 2 aliphatic heterocycles. The first-order valence-electron chi connectivity index (χ1n) is 10.1. The maximum Gasteiger partial charge on any atom is 0.264 e. The zero-order valence-corrected chi connectivity index (χ0v) is 18.4. The van der Waals surface area contributed by atoms with E-state index < -0.39 is 0 Å². The van der Waals surface area contributed by atoms with Gasteiger partial charge in [0.25, 0.3) is 5.91 Å². The van der Waals surface area contributed by atoms with Crippen molar-refractivity contribution in [2.24, 2.45) is 0 Å². The molecule has 3 heterocycles. The molecule has 1 fully saturated rings. The van der Waals surface area contributed by atoms with Crippen LogP contribution in [0.3, 0.4) is 0 Å². The van der Waals surface area contributed by atoms with Gasteiger partial charge in [-0.25, -0.2) is 0 Å². The third kappa shape index (κ3) is 3.47. The van der Waals surface area contributed by atoms with Crippen LogP contribution in [0.4, 0.5) is 5.69 Å². The van der Waals surface area contributed by atoms with Gasteiger partial charge in [-0.3, -0.25) is 4.79 Å². The number of amides is 1. The number of aryl methyl sites for hydroxylation is 1. The number of thiophene rings is 1. The number of anilines is 1. The fourth-order valence-corrected chi connectivity index (χ4v) is 6.61. The summed E-state index contributed by atoms with van der Waals surface area (Å²) in [7, 11) is 0. The zero-order valence-electron chi connectivity index (χ0n) is 16.7. The number of piperazine rings is 1. The lowest BCUT2D eigenvalue weighted by atomic mass is 10.1. The van der Waals surface area contributed by atoms with E-state index in [-0.39, 0.29) is 5.91 Å². The highest BCUT2D eigenvalue weighted by Crippen LogP contribution is 2.45.